The van der Waals surface area contributed by atoms with Gasteiger partial charge in [-0.2, -0.15) is 0 Å². The average molecular weight is 342 g/mol. The molecule has 1 spiro atoms. The number of piperidine rings is 1. The number of amides is 2. The third-order valence-corrected chi connectivity index (χ3v) is 6.38. The van der Waals surface area contributed by atoms with E-state index < -0.39 is 0 Å². The van der Waals surface area contributed by atoms with Gasteiger partial charge in [-0.15, -0.1) is 0 Å². The molecule has 0 saturated carbocycles. The summed E-state index contributed by atoms with van der Waals surface area (Å²) in [5.41, 5.74) is 2.53. The summed E-state index contributed by atoms with van der Waals surface area (Å²) >= 11 is 0. The van der Waals surface area contributed by atoms with Crippen LogP contribution in [0.4, 0.5) is 0 Å². The third kappa shape index (κ3) is 2.74. The van der Waals surface area contributed by atoms with Crippen LogP contribution in [0.25, 0.3) is 0 Å². The van der Waals surface area contributed by atoms with Gasteiger partial charge in [0.15, 0.2) is 0 Å². The summed E-state index contributed by atoms with van der Waals surface area (Å²) in [5, 5.41) is 2.82. The second-order valence-corrected chi connectivity index (χ2v) is 7.62. The molecule has 134 valence electrons. The van der Waals surface area contributed by atoms with Gasteiger partial charge in [0.25, 0.3) is 0 Å². The van der Waals surface area contributed by atoms with Crippen molar-refractivity contribution < 1.29 is 14.3 Å². The summed E-state index contributed by atoms with van der Waals surface area (Å²) in [5.74, 6) is 0.336. The number of likely N-dealkylation sites (tertiary alicyclic amines) is 1. The normalized spacial score (nSPS) is 27.3. The predicted molar refractivity (Wildman–Crippen MR) is 94.3 cm³/mol. The third-order valence-electron chi connectivity index (χ3n) is 6.38. The van der Waals surface area contributed by atoms with Gasteiger partial charge in [-0.25, -0.2) is 0 Å². The fourth-order valence-corrected chi connectivity index (χ4v) is 4.92. The molecule has 2 atom stereocenters. The van der Waals surface area contributed by atoms with Crippen molar-refractivity contribution in [2.75, 3.05) is 33.4 Å². The summed E-state index contributed by atoms with van der Waals surface area (Å²) in [6, 6.07) is 8.37. The Hall–Kier alpha value is -1.88. The minimum atomic E-state index is -0.0633. The lowest BCUT2D eigenvalue weighted by Crippen LogP contribution is -2.46. The maximum atomic E-state index is 12.6. The van der Waals surface area contributed by atoms with Crippen LogP contribution in [0, 0.1) is 5.92 Å². The lowest BCUT2D eigenvalue weighted by atomic mass is 9.73. The maximum Gasteiger partial charge on any atom is 0.228 e. The number of ether oxygens (including phenoxy) is 1. The molecule has 1 aromatic rings. The van der Waals surface area contributed by atoms with Crippen LogP contribution in [0.1, 0.15) is 42.7 Å². The van der Waals surface area contributed by atoms with Gasteiger partial charge in [0.05, 0.1) is 18.4 Å². The zero-order valence-electron chi connectivity index (χ0n) is 14.8. The van der Waals surface area contributed by atoms with Crippen LogP contribution in [0.15, 0.2) is 24.3 Å². The standard InChI is InChI=1S/C20H26N2O3/c1-21-18(23)16-12-20(17-5-3-2-4-15(16)17)7-9-22(10-8-20)19(24)14-6-11-25-13-14/h2-5,14,16H,6-13H2,1H3,(H,21,23). The van der Waals surface area contributed by atoms with E-state index in [4.69, 9.17) is 4.74 Å². The van der Waals surface area contributed by atoms with E-state index in [2.05, 4.69) is 23.5 Å². The number of hydrogen-bond acceptors (Lipinski definition) is 3. The summed E-state index contributed by atoms with van der Waals surface area (Å²) in [6.45, 7) is 2.84. The van der Waals surface area contributed by atoms with Gasteiger partial charge >= 0.3 is 0 Å². The van der Waals surface area contributed by atoms with Crippen LogP contribution in [0.5, 0.6) is 0 Å². The first-order valence-corrected chi connectivity index (χ1v) is 9.32. The number of likely N-dealkylation sites (N-methyl/N-ethyl adjacent to an activating group) is 1. The molecule has 3 aliphatic rings. The van der Waals surface area contributed by atoms with Crippen molar-refractivity contribution in [1.82, 2.24) is 10.2 Å². The van der Waals surface area contributed by atoms with Gasteiger partial charge in [-0.05, 0) is 36.8 Å². The molecule has 2 saturated heterocycles. The molecule has 0 radical (unpaired) electrons. The smallest absolute Gasteiger partial charge is 0.228 e. The van der Waals surface area contributed by atoms with Crippen molar-refractivity contribution in [2.45, 2.75) is 37.0 Å². The van der Waals surface area contributed by atoms with Gasteiger partial charge in [-0.3, -0.25) is 9.59 Å². The van der Waals surface area contributed by atoms with E-state index in [0.717, 1.165) is 38.8 Å². The molecule has 2 fully saturated rings. The average Bonchev–Trinajstić information content (AvgIpc) is 3.29. The predicted octanol–water partition coefficient (Wildman–Crippen LogP) is 1.82. The number of nitrogens with zero attached hydrogens (tertiary/aromatic N) is 1. The highest BCUT2D eigenvalue weighted by Crippen LogP contribution is 2.51. The van der Waals surface area contributed by atoms with E-state index in [0.29, 0.717) is 13.2 Å². The van der Waals surface area contributed by atoms with E-state index >= 15 is 0 Å². The van der Waals surface area contributed by atoms with Crippen LogP contribution < -0.4 is 5.32 Å². The van der Waals surface area contributed by atoms with Gasteiger partial charge in [-0.1, -0.05) is 24.3 Å². The van der Waals surface area contributed by atoms with Gasteiger partial charge < -0.3 is 15.0 Å². The second-order valence-electron chi connectivity index (χ2n) is 7.62. The number of fused-ring (bicyclic) bond motifs is 2. The fourth-order valence-electron chi connectivity index (χ4n) is 4.92. The molecule has 1 aliphatic carbocycles. The minimum absolute atomic E-state index is 0.0384. The summed E-state index contributed by atoms with van der Waals surface area (Å²) in [4.78, 5) is 27.0. The molecule has 5 nitrogen and oxygen atoms in total. The molecule has 5 heteroatoms. The van der Waals surface area contributed by atoms with Gasteiger partial charge in [0, 0.05) is 32.2 Å². The molecule has 2 aliphatic heterocycles. The molecule has 1 aromatic carbocycles. The van der Waals surface area contributed by atoms with Crippen molar-refractivity contribution in [3.05, 3.63) is 35.4 Å². The summed E-state index contributed by atoms with van der Waals surface area (Å²) in [6.07, 6.45) is 3.59. The topological polar surface area (TPSA) is 58.6 Å². The maximum absolute atomic E-state index is 12.6. The number of rotatable bonds is 2. The van der Waals surface area contributed by atoms with Gasteiger partial charge in [0.1, 0.15) is 0 Å². The van der Waals surface area contributed by atoms with E-state index in [1.165, 1.54) is 11.1 Å². The molecule has 2 amide bonds. The van der Waals surface area contributed by atoms with Crippen LogP contribution >= 0.6 is 0 Å². The lowest BCUT2D eigenvalue weighted by molar-refractivity contribution is -0.137. The molecule has 2 heterocycles. The zero-order chi connectivity index (χ0) is 17.4. The van der Waals surface area contributed by atoms with E-state index in [-0.39, 0.29) is 29.1 Å². The second kappa shape index (κ2) is 6.45. The Kier molecular flexibility index (Phi) is 4.28. The highest BCUT2D eigenvalue weighted by molar-refractivity contribution is 5.85. The molecule has 0 aromatic heterocycles. The zero-order valence-corrected chi connectivity index (χ0v) is 14.8. The Balaban J connectivity index is 1.52. The van der Waals surface area contributed by atoms with Crippen molar-refractivity contribution in [3.8, 4) is 0 Å². The first-order chi connectivity index (χ1) is 12.1. The number of benzene rings is 1. The number of carbonyl (C=O) groups excluding carboxylic acids is 2. The molecular formula is C20H26N2O3. The summed E-state index contributed by atoms with van der Waals surface area (Å²) in [7, 11) is 1.71. The highest BCUT2D eigenvalue weighted by Gasteiger charge is 2.48. The quantitative estimate of drug-likeness (QED) is 0.892. The minimum Gasteiger partial charge on any atom is -0.381 e. The van der Waals surface area contributed by atoms with E-state index in [9.17, 15) is 9.59 Å². The largest absolute Gasteiger partial charge is 0.381 e. The fraction of sp³-hybridized carbons (Fsp3) is 0.600. The number of carbonyl (C=O) groups is 2. The van der Waals surface area contributed by atoms with Crippen LogP contribution in [0.2, 0.25) is 0 Å². The summed E-state index contributed by atoms with van der Waals surface area (Å²) < 4.78 is 5.37. The molecular weight excluding hydrogens is 316 g/mol. The van der Waals surface area contributed by atoms with E-state index in [1.807, 2.05) is 11.0 Å². The number of nitrogens with one attached hydrogen (secondary N) is 1. The first-order valence-electron chi connectivity index (χ1n) is 9.32. The molecule has 25 heavy (non-hydrogen) atoms. The molecule has 0 bridgehead atoms. The van der Waals surface area contributed by atoms with Crippen LogP contribution in [-0.4, -0.2) is 50.1 Å². The Bertz CT molecular complexity index is 673. The van der Waals surface area contributed by atoms with E-state index in [1.54, 1.807) is 7.05 Å². The van der Waals surface area contributed by atoms with Crippen molar-refractivity contribution in [1.29, 1.82) is 0 Å². The van der Waals surface area contributed by atoms with Crippen molar-refractivity contribution >= 4 is 11.8 Å². The Morgan fingerprint density at radius 2 is 2.00 bits per heavy atom. The molecule has 2 unspecified atom stereocenters. The van der Waals surface area contributed by atoms with Crippen molar-refractivity contribution in [3.63, 3.8) is 0 Å². The highest BCUT2D eigenvalue weighted by atomic mass is 16.5. The first kappa shape index (κ1) is 16.6. The van der Waals surface area contributed by atoms with Crippen LogP contribution in [0.3, 0.4) is 0 Å². The molecule has 1 N–H and O–H groups in total. The Labute approximate surface area is 148 Å². The van der Waals surface area contributed by atoms with Crippen LogP contribution in [-0.2, 0) is 19.7 Å². The van der Waals surface area contributed by atoms with Crippen molar-refractivity contribution in [2.24, 2.45) is 5.92 Å². The SMILES string of the molecule is CNC(=O)C1CC2(CCN(C(=O)C3CCOC3)CC2)c2ccccc21. The molecule has 4 rings (SSSR count). The Morgan fingerprint density at radius 3 is 2.68 bits per heavy atom. The van der Waals surface area contributed by atoms with Gasteiger partial charge in [0.2, 0.25) is 11.8 Å². The monoisotopic (exact) mass is 342 g/mol. The lowest BCUT2D eigenvalue weighted by Gasteiger charge is -2.41. The Morgan fingerprint density at radius 1 is 1.24 bits per heavy atom. The number of hydrogen-bond donors (Lipinski definition) is 1.